The van der Waals surface area contributed by atoms with Crippen molar-refractivity contribution >= 4 is 16.8 Å². The maximum atomic E-state index is 5.78. The molecule has 3 nitrogen and oxygen atoms in total. The molecule has 1 N–H and O–H groups in total. The van der Waals surface area contributed by atoms with Gasteiger partial charge in [-0.2, -0.15) is 0 Å². The van der Waals surface area contributed by atoms with E-state index in [1.807, 2.05) is 12.1 Å². The fraction of sp³-hybridized carbons (Fsp3) is 0.278. The van der Waals surface area contributed by atoms with Gasteiger partial charge in [-0.25, -0.2) is 4.98 Å². The van der Waals surface area contributed by atoms with Crippen LogP contribution in [0.5, 0.6) is 0 Å². The second-order valence-electron chi connectivity index (χ2n) is 5.67. The monoisotopic (exact) mass is 278 g/mol. The number of hydrogen-bond donors (Lipinski definition) is 1. The van der Waals surface area contributed by atoms with Gasteiger partial charge >= 0.3 is 0 Å². The van der Waals surface area contributed by atoms with E-state index < -0.39 is 0 Å². The van der Waals surface area contributed by atoms with Crippen LogP contribution in [0.2, 0.25) is 0 Å². The van der Waals surface area contributed by atoms with Crippen LogP contribution < -0.4 is 5.32 Å². The lowest BCUT2D eigenvalue weighted by Gasteiger charge is -2.06. The number of fused-ring (bicyclic) bond motifs is 1. The molecule has 3 heteroatoms. The molecule has 1 saturated carbocycles. The van der Waals surface area contributed by atoms with Crippen molar-refractivity contribution in [2.45, 2.75) is 25.2 Å². The van der Waals surface area contributed by atoms with E-state index in [0.29, 0.717) is 5.92 Å². The predicted molar refractivity (Wildman–Crippen MR) is 84.6 cm³/mol. The topological polar surface area (TPSA) is 38.1 Å². The number of hydrogen-bond acceptors (Lipinski definition) is 3. The third-order valence-corrected chi connectivity index (χ3v) is 3.92. The fourth-order valence-electron chi connectivity index (χ4n) is 2.56. The highest BCUT2D eigenvalue weighted by Gasteiger charge is 2.28. The number of anilines is 1. The van der Waals surface area contributed by atoms with Gasteiger partial charge < -0.3 is 9.73 Å². The molecule has 0 aliphatic heterocycles. The summed E-state index contributed by atoms with van der Waals surface area (Å²) in [5, 5.41) is 3.46. The summed E-state index contributed by atoms with van der Waals surface area (Å²) in [5.41, 5.74) is 4.31. The molecular weight excluding hydrogens is 260 g/mol. The molecule has 0 unspecified atom stereocenters. The van der Waals surface area contributed by atoms with Crippen LogP contribution in [0, 0.1) is 0 Å². The summed E-state index contributed by atoms with van der Waals surface area (Å²) < 4.78 is 5.78. The summed E-state index contributed by atoms with van der Waals surface area (Å²) in [6.45, 7) is 0.919. The molecule has 4 rings (SSSR count). The van der Waals surface area contributed by atoms with E-state index in [-0.39, 0.29) is 0 Å². The minimum Gasteiger partial charge on any atom is -0.440 e. The lowest BCUT2D eigenvalue weighted by atomic mass is 10.1. The van der Waals surface area contributed by atoms with Crippen molar-refractivity contribution in [3.8, 4) is 0 Å². The van der Waals surface area contributed by atoms with E-state index in [0.717, 1.165) is 35.6 Å². The van der Waals surface area contributed by atoms with Gasteiger partial charge in [0, 0.05) is 18.2 Å². The smallest absolute Gasteiger partial charge is 0.198 e. The van der Waals surface area contributed by atoms with Crippen molar-refractivity contribution in [3.05, 3.63) is 60.0 Å². The highest BCUT2D eigenvalue weighted by molar-refractivity contribution is 5.77. The fourth-order valence-corrected chi connectivity index (χ4v) is 2.56. The predicted octanol–water partition coefficient (Wildman–Crippen LogP) is 4.36. The van der Waals surface area contributed by atoms with Gasteiger partial charge in [-0.3, -0.25) is 0 Å². The summed E-state index contributed by atoms with van der Waals surface area (Å²) in [5.74, 6) is 1.47. The van der Waals surface area contributed by atoms with Gasteiger partial charge in [-0.1, -0.05) is 30.3 Å². The first-order valence-corrected chi connectivity index (χ1v) is 7.57. The Morgan fingerprint density at radius 3 is 2.76 bits per heavy atom. The third-order valence-electron chi connectivity index (χ3n) is 3.92. The maximum Gasteiger partial charge on any atom is 0.198 e. The summed E-state index contributed by atoms with van der Waals surface area (Å²) >= 11 is 0. The zero-order valence-electron chi connectivity index (χ0n) is 11.9. The number of rotatable bonds is 5. The van der Waals surface area contributed by atoms with E-state index >= 15 is 0 Å². The Labute approximate surface area is 124 Å². The molecular formula is C18H18N2O. The largest absolute Gasteiger partial charge is 0.440 e. The molecule has 1 fully saturated rings. The second-order valence-corrected chi connectivity index (χ2v) is 5.67. The summed E-state index contributed by atoms with van der Waals surface area (Å²) in [6.07, 6.45) is 3.45. The molecule has 2 aromatic carbocycles. The van der Waals surface area contributed by atoms with Gasteiger partial charge in [0.2, 0.25) is 0 Å². The SMILES string of the molecule is c1ccc(CCNc2ccc3oc(C4CC4)nc3c2)cc1. The Morgan fingerprint density at radius 1 is 1.10 bits per heavy atom. The van der Waals surface area contributed by atoms with Crippen LogP contribution in [-0.4, -0.2) is 11.5 Å². The van der Waals surface area contributed by atoms with E-state index in [4.69, 9.17) is 4.42 Å². The third kappa shape index (κ3) is 2.77. The molecule has 1 heterocycles. The van der Waals surface area contributed by atoms with Crippen molar-refractivity contribution in [2.75, 3.05) is 11.9 Å². The Hall–Kier alpha value is -2.29. The average Bonchev–Trinajstić information content (AvgIpc) is 3.28. The number of nitrogens with zero attached hydrogens (tertiary/aromatic N) is 1. The van der Waals surface area contributed by atoms with E-state index in [1.165, 1.54) is 18.4 Å². The number of benzene rings is 2. The minimum atomic E-state index is 0.562. The maximum absolute atomic E-state index is 5.78. The van der Waals surface area contributed by atoms with Crippen LogP contribution >= 0.6 is 0 Å². The van der Waals surface area contributed by atoms with E-state index in [9.17, 15) is 0 Å². The molecule has 1 aliphatic rings. The Kier molecular flexibility index (Phi) is 3.11. The molecule has 0 bridgehead atoms. The van der Waals surface area contributed by atoms with Crippen molar-refractivity contribution in [1.29, 1.82) is 0 Å². The van der Waals surface area contributed by atoms with Gasteiger partial charge in [-0.15, -0.1) is 0 Å². The molecule has 0 saturated heterocycles. The Bertz CT molecular complexity index is 744. The molecule has 106 valence electrons. The summed E-state index contributed by atoms with van der Waals surface area (Å²) in [6, 6.07) is 16.7. The van der Waals surface area contributed by atoms with Gasteiger partial charge in [0.15, 0.2) is 11.5 Å². The van der Waals surface area contributed by atoms with Gasteiger partial charge in [-0.05, 0) is 43.0 Å². The summed E-state index contributed by atoms with van der Waals surface area (Å²) in [4.78, 5) is 4.59. The van der Waals surface area contributed by atoms with Crippen molar-refractivity contribution < 1.29 is 4.42 Å². The Morgan fingerprint density at radius 2 is 1.95 bits per heavy atom. The standard InChI is InChI=1S/C18H18N2O/c1-2-4-13(5-3-1)10-11-19-15-8-9-17-16(12-15)20-18(21-17)14-6-7-14/h1-5,8-9,12,14,19H,6-7,10-11H2. The summed E-state index contributed by atoms with van der Waals surface area (Å²) in [7, 11) is 0. The zero-order chi connectivity index (χ0) is 14.1. The molecule has 21 heavy (non-hydrogen) atoms. The molecule has 0 atom stereocenters. The number of nitrogens with one attached hydrogen (secondary N) is 1. The lowest BCUT2D eigenvalue weighted by molar-refractivity contribution is 0.533. The van der Waals surface area contributed by atoms with Crippen molar-refractivity contribution in [3.63, 3.8) is 0 Å². The Balaban J connectivity index is 1.44. The molecule has 0 spiro atoms. The van der Waals surface area contributed by atoms with Crippen LogP contribution in [0.3, 0.4) is 0 Å². The van der Waals surface area contributed by atoms with Crippen LogP contribution in [0.15, 0.2) is 52.9 Å². The van der Waals surface area contributed by atoms with E-state index in [2.05, 4.69) is 46.7 Å². The van der Waals surface area contributed by atoms with Gasteiger partial charge in [0.05, 0.1) is 0 Å². The zero-order valence-corrected chi connectivity index (χ0v) is 11.9. The van der Waals surface area contributed by atoms with Gasteiger partial charge in [0.1, 0.15) is 5.52 Å². The lowest BCUT2D eigenvalue weighted by Crippen LogP contribution is -2.04. The van der Waals surface area contributed by atoms with Crippen LogP contribution in [0.1, 0.15) is 30.2 Å². The molecule has 1 aliphatic carbocycles. The quantitative estimate of drug-likeness (QED) is 0.753. The van der Waals surface area contributed by atoms with Crippen LogP contribution in [0.25, 0.3) is 11.1 Å². The van der Waals surface area contributed by atoms with Crippen LogP contribution in [-0.2, 0) is 6.42 Å². The van der Waals surface area contributed by atoms with Crippen molar-refractivity contribution in [1.82, 2.24) is 4.98 Å². The molecule has 0 amide bonds. The first-order valence-electron chi connectivity index (χ1n) is 7.57. The first kappa shape index (κ1) is 12.5. The minimum absolute atomic E-state index is 0.562. The van der Waals surface area contributed by atoms with E-state index in [1.54, 1.807) is 0 Å². The molecule has 0 radical (unpaired) electrons. The highest BCUT2D eigenvalue weighted by Crippen LogP contribution is 2.40. The van der Waals surface area contributed by atoms with Crippen molar-refractivity contribution in [2.24, 2.45) is 0 Å². The average molecular weight is 278 g/mol. The number of aromatic nitrogens is 1. The highest BCUT2D eigenvalue weighted by atomic mass is 16.3. The van der Waals surface area contributed by atoms with Crippen LogP contribution in [0.4, 0.5) is 5.69 Å². The first-order chi connectivity index (χ1) is 10.4. The molecule has 3 aromatic rings. The second kappa shape index (κ2) is 5.24. The van der Waals surface area contributed by atoms with Gasteiger partial charge in [0.25, 0.3) is 0 Å². The normalized spacial score (nSPS) is 14.5. The molecule has 1 aromatic heterocycles. The number of oxazole rings is 1.